The molecule has 2 rings (SSSR count). The predicted molar refractivity (Wildman–Crippen MR) is 113 cm³/mol. The van der Waals surface area contributed by atoms with Gasteiger partial charge in [0.25, 0.3) is 10.0 Å². The normalized spacial score (nSPS) is 13.7. The molecule has 0 amide bonds. The molecule has 0 aliphatic rings. The highest BCUT2D eigenvalue weighted by Gasteiger charge is 2.20. The van der Waals surface area contributed by atoms with E-state index in [0.29, 0.717) is 12.2 Å². The summed E-state index contributed by atoms with van der Waals surface area (Å²) in [6.45, 7) is 5.60. The number of sulfonamides is 1. The Morgan fingerprint density at radius 1 is 1.04 bits per heavy atom. The average molecular weight is 402 g/mol. The fourth-order valence-corrected chi connectivity index (χ4v) is 3.51. The number of methoxy groups -OCH3 is 1. The van der Waals surface area contributed by atoms with Crippen LogP contribution in [0.4, 0.5) is 0 Å². The summed E-state index contributed by atoms with van der Waals surface area (Å²) in [7, 11) is -2.34. The van der Waals surface area contributed by atoms with Crippen LogP contribution in [0.15, 0.2) is 70.0 Å². The van der Waals surface area contributed by atoms with Gasteiger partial charge in [0.2, 0.25) is 5.90 Å². The summed E-state index contributed by atoms with van der Waals surface area (Å²) in [5.41, 5.74) is 1.09. The summed E-state index contributed by atoms with van der Waals surface area (Å²) in [6, 6.07) is 16.1. The maximum atomic E-state index is 12.7. The molecule has 0 heterocycles. The SMILES string of the molecule is COc1ccc(S(=O)(=O)/N=C(\OC(C)C)C(C)C/C=C/c2ccccc2)cc1. The van der Waals surface area contributed by atoms with E-state index < -0.39 is 10.0 Å². The molecule has 2 aromatic carbocycles. The van der Waals surface area contributed by atoms with Crippen LogP contribution in [0.25, 0.3) is 6.08 Å². The predicted octanol–water partition coefficient (Wildman–Crippen LogP) is 4.95. The van der Waals surface area contributed by atoms with Crippen LogP contribution in [0.5, 0.6) is 5.75 Å². The fourth-order valence-electron chi connectivity index (χ4n) is 2.46. The zero-order valence-corrected chi connectivity index (χ0v) is 17.5. The summed E-state index contributed by atoms with van der Waals surface area (Å²) in [5, 5.41) is 0. The van der Waals surface area contributed by atoms with E-state index in [0.717, 1.165) is 5.56 Å². The van der Waals surface area contributed by atoms with Gasteiger partial charge >= 0.3 is 0 Å². The Balaban J connectivity index is 2.21. The van der Waals surface area contributed by atoms with Crippen molar-refractivity contribution in [3.63, 3.8) is 0 Å². The van der Waals surface area contributed by atoms with Crippen LogP contribution in [-0.4, -0.2) is 27.5 Å². The molecular weight excluding hydrogens is 374 g/mol. The van der Waals surface area contributed by atoms with E-state index in [1.165, 1.54) is 19.2 Å². The van der Waals surface area contributed by atoms with Crippen LogP contribution in [0.1, 0.15) is 32.8 Å². The Labute approximate surface area is 167 Å². The second-order valence-electron chi connectivity index (χ2n) is 6.70. The van der Waals surface area contributed by atoms with Gasteiger partial charge in [-0.3, -0.25) is 0 Å². The molecule has 1 atom stereocenters. The van der Waals surface area contributed by atoms with Crippen molar-refractivity contribution in [3.8, 4) is 5.75 Å². The van der Waals surface area contributed by atoms with Gasteiger partial charge in [0.1, 0.15) is 5.75 Å². The second kappa shape index (κ2) is 10.1. The number of benzene rings is 2. The van der Waals surface area contributed by atoms with Crippen LogP contribution >= 0.6 is 0 Å². The smallest absolute Gasteiger partial charge is 0.285 e. The molecule has 150 valence electrons. The van der Waals surface area contributed by atoms with Gasteiger partial charge in [-0.2, -0.15) is 8.42 Å². The molecule has 0 aliphatic heterocycles. The van der Waals surface area contributed by atoms with Crippen LogP contribution in [-0.2, 0) is 14.8 Å². The highest BCUT2D eigenvalue weighted by Crippen LogP contribution is 2.20. The Hall–Kier alpha value is -2.60. The lowest BCUT2D eigenvalue weighted by Gasteiger charge is -2.17. The molecule has 5 nitrogen and oxygen atoms in total. The first kappa shape index (κ1) is 21.7. The average Bonchev–Trinajstić information content (AvgIpc) is 2.67. The van der Waals surface area contributed by atoms with Crippen molar-refractivity contribution < 1.29 is 17.9 Å². The molecule has 0 spiro atoms. The minimum absolute atomic E-state index is 0.102. The van der Waals surface area contributed by atoms with Crippen molar-refractivity contribution in [2.24, 2.45) is 10.3 Å². The summed E-state index contributed by atoms with van der Waals surface area (Å²) in [5.74, 6) is 0.611. The molecule has 0 bridgehead atoms. The van der Waals surface area contributed by atoms with E-state index in [-0.39, 0.29) is 22.8 Å². The Bertz CT molecular complexity index is 901. The van der Waals surface area contributed by atoms with Gasteiger partial charge in [-0.15, -0.1) is 4.40 Å². The molecule has 6 heteroatoms. The number of rotatable bonds is 8. The Kier molecular flexibility index (Phi) is 7.81. The number of ether oxygens (including phenoxy) is 2. The number of allylic oxidation sites excluding steroid dienone is 1. The zero-order chi connectivity index (χ0) is 20.6. The molecule has 0 aromatic heterocycles. The molecule has 0 radical (unpaired) electrons. The van der Waals surface area contributed by atoms with Gasteiger partial charge in [-0.05, 0) is 50.1 Å². The van der Waals surface area contributed by atoms with Crippen LogP contribution in [0, 0.1) is 5.92 Å². The van der Waals surface area contributed by atoms with E-state index in [1.54, 1.807) is 12.1 Å². The van der Waals surface area contributed by atoms with Crippen molar-refractivity contribution in [2.75, 3.05) is 7.11 Å². The molecule has 2 aromatic rings. The van der Waals surface area contributed by atoms with E-state index in [4.69, 9.17) is 9.47 Å². The molecule has 28 heavy (non-hydrogen) atoms. The van der Waals surface area contributed by atoms with Gasteiger partial charge in [0.15, 0.2) is 0 Å². The van der Waals surface area contributed by atoms with Gasteiger partial charge in [0, 0.05) is 5.92 Å². The molecule has 0 aliphatic carbocycles. The van der Waals surface area contributed by atoms with Crippen LogP contribution in [0.2, 0.25) is 0 Å². The highest BCUT2D eigenvalue weighted by atomic mass is 32.2. The maximum Gasteiger partial charge on any atom is 0.285 e. The van der Waals surface area contributed by atoms with Crippen molar-refractivity contribution in [1.29, 1.82) is 0 Å². The monoisotopic (exact) mass is 401 g/mol. The Morgan fingerprint density at radius 3 is 2.25 bits per heavy atom. The highest BCUT2D eigenvalue weighted by molar-refractivity contribution is 7.90. The topological polar surface area (TPSA) is 65.0 Å². The number of hydrogen-bond acceptors (Lipinski definition) is 4. The molecule has 0 saturated carbocycles. The molecule has 1 unspecified atom stereocenters. The third-order valence-electron chi connectivity index (χ3n) is 3.94. The maximum absolute atomic E-state index is 12.7. The summed E-state index contributed by atoms with van der Waals surface area (Å²) >= 11 is 0. The minimum Gasteiger partial charge on any atom is -0.497 e. The van der Waals surface area contributed by atoms with E-state index in [2.05, 4.69) is 4.40 Å². The van der Waals surface area contributed by atoms with E-state index in [9.17, 15) is 8.42 Å². The lowest BCUT2D eigenvalue weighted by molar-refractivity contribution is 0.213. The second-order valence-corrected chi connectivity index (χ2v) is 8.30. The van der Waals surface area contributed by atoms with E-state index in [1.807, 2.05) is 63.3 Å². The first-order valence-corrected chi connectivity index (χ1v) is 10.6. The van der Waals surface area contributed by atoms with Gasteiger partial charge in [-0.25, -0.2) is 0 Å². The molecule has 0 fully saturated rings. The van der Waals surface area contributed by atoms with Crippen molar-refractivity contribution in [3.05, 3.63) is 66.2 Å². The third kappa shape index (κ3) is 6.53. The van der Waals surface area contributed by atoms with Gasteiger partial charge in [0.05, 0.1) is 18.1 Å². The number of nitrogens with zero attached hydrogens (tertiary/aromatic N) is 1. The largest absolute Gasteiger partial charge is 0.497 e. The van der Waals surface area contributed by atoms with Gasteiger partial charge < -0.3 is 9.47 Å². The first-order valence-electron chi connectivity index (χ1n) is 9.19. The summed E-state index contributed by atoms with van der Waals surface area (Å²) in [6.07, 6.45) is 4.43. The Morgan fingerprint density at radius 2 is 1.68 bits per heavy atom. The third-order valence-corrected chi connectivity index (χ3v) is 5.23. The van der Waals surface area contributed by atoms with Crippen molar-refractivity contribution in [1.82, 2.24) is 0 Å². The lowest BCUT2D eigenvalue weighted by Crippen LogP contribution is -2.21. The molecule has 0 saturated heterocycles. The van der Waals surface area contributed by atoms with Gasteiger partial charge in [-0.1, -0.05) is 49.4 Å². The standard InChI is InChI=1S/C22H27NO4S/c1-17(2)27-22(18(3)9-8-12-19-10-6-5-7-11-19)23-28(24,25)21-15-13-20(26-4)14-16-21/h5-8,10-18H,9H2,1-4H3/b12-8+,23-22-. The summed E-state index contributed by atoms with van der Waals surface area (Å²) in [4.78, 5) is 0.102. The minimum atomic E-state index is -3.87. The van der Waals surface area contributed by atoms with Crippen LogP contribution in [0.3, 0.4) is 0 Å². The quantitative estimate of drug-likeness (QED) is 0.464. The number of hydrogen-bond donors (Lipinski definition) is 0. The lowest BCUT2D eigenvalue weighted by atomic mass is 10.1. The zero-order valence-electron chi connectivity index (χ0n) is 16.7. The van der Waals surface area contributed by atoms with Crippen molar-refractivity contribution >= 4 is 22.0 Å². The molecular formula is C22H27NO4S. The van der Waals surface area contributed by atoms with Crippen molar-refractivity contribution in [2.45, 2.75) is 38.2 Å². The van der Waals surface area contributed by atoms with Crippen LogP contribution < -0.4 is 4.74 Å². The van der Waals surface area contributed by atoms with E-state index >= 15 is 0 Å². The molecule has 0 N–H and O–H groups in total. The summed E-state index contributed by atoms with van der Waals surface area (Å²) < 4.78 is 40.2. The fraction of sp³-hybridized carbons (Fsp3) is 0.318. The first-order chi connectivity index (χ1) is 13.3.